The lowest BCUT2D eigenvalue weighted by atomic mass is 10.0. The van der Waals surface area contributed by atoms with Gasteiger partial charge in [0.1, 0.15) is 36.9 Å². The molecule has 0 spiro atoms. The zero-order valence-electron chi connectivity index (χ0n) is 14.8. The third kappa shape index (κ3) is 5.07. The molecular weight excluding hydrogens is 330 g/mol. The molecule has 0 radical (unpaired) electrons. The van der Waals surface area contributed by atoms with Crippen molar-refractivity contribution >= 4 is 0 Å². The van der Waals surface area contributed by atoms with E-state index in [-0.39, 0.29) is 6.61 Å². The van der Waals surface area contributed by atoms with Crippen molar-refractivity contribution in [3.8, 4) is 11.5 Å². The molecule has 1 N–H and O–H groups in total. The fourth-order valence-corrected chi connectivity index (χ4v) is 2.76. The van der Waals surface area contributed by atoms with E-state index in [1.54, 1.807) is 24.3 Å². The minimum atomic E-state index is -0.627. The summed E-state index contributed by atoms with van der Waals surface area (Å²) < 4.78 is 12.9. The third-order valence-corrected chi connectivity index (χ3v) is 4.11. The number of hydrogen-bond donors (Lipinski definition) is 1. The van der Waals surface area contributed by atoms with Crippen molar-refractivity contribution in [2.75, 3.05) is 13.7 Å². The summed E-state index contributed by atoms with van der Waals surface area (Å²) >= 11 is 0. The summed E-state index contributed by atoms with van der Waals surface area (Å²) in [4.78, 5) is 0. The predicted molar refractivity (Wildman–Crippen MR) is 98.4 cm³/mol. The van der Waals surface area contributed by atoms with Gasteiger partial charge in [0.15, 0.2) is 0 Å². The van der Waals surface area contributed by atoms with Crippen LogP contribution in [0.2, 0.25) is 0 Å². The van der Waals surface area contributed by atoms with Gasteiger partial charge in [-0.3, -0.25) is 0 Å². The molecule has 26 heavy (non-hydrogen) atoms. The topological polar surface area (TPSA) is 69.4 Å². The Kier molecular flexibility index (Phi) is 6.22. The van der Waals surface area contributed by atoms with Crippen LogP contribution in [0.15, 0.2) is 61.2 Å². The Morgan fingerprint density at radius 2 is 1.85 bits per heavy atom. The molecule has 3 rings (SSSR count). The molecule has 0 unspecified atom stereocenters. The summed E-state index contributed by atoms with van der Waals surface area (Å²) in [6, 6.07) is 16.0. The number of benzene rings is 2. The summed E-state index contributed by atoms with van der Waals surface area (Å²) in [7, 11) is 1.67. The normalized spacial score (nSPS) is 11.9. The SMILES string of the molecule is COc1cccc(CCc2ccccc2OC[C@H](O)Cn2cnnc2)c1. The summed E-state index contributed by atoms with van der Waals surface area (Å²) in [5.74, 6) is 1.67. The van der Waals surface area contributed by atoms with E-state index in [1.807, 2.05) is 36.4 Å². The van der Waals surface area contributed by atoms with Crippen LogP contribution in [0, 0.1) is 0 Å². The molecule has 136 valence electrons. The highest BCUT2D eigenvalue weighted by Crippen LogP contribution is 2.21. The molecule has 2 aromatic carbocycles. The van der Waals surface area contributed by atoms with Crippen LogP contribution in [0.25, 0.3) is 0 Å². The van der Waals surface area contributed by atoms with E-state index in [9.17, 15) is 5.11 Å². The average Bonchev–Trinajstić information content (AvgIpc) is 3.18. The zero-order valence-corrected chi connectivity index (χ0v) is 14.8. The summed E-state index contributed by atoms with van der Waals surface area (Å²) in [6.07, 6.45) is 4.26. The number of aryl methyl sites for hydroxylation is 2. The molecule has 1 aromatic heterocycles. The standard InChI is InChI=1S/C20H23N3O3/c1-25-19-7-4-5-16(11-19)9-10-17-6-2-3-8-20(17)26-13-18(24)12-23-14-21-22-15-23/h2-8,11,14-15,18,24H,9-10,12-13H2,1H3/t18-/m1/s1. The van der Waals surface area contributed by atoms with Crippen LogP contribution in [0.1, 0.15) is 11.1 Å². The number of aliphatic hydroxyl groups is 1. The number of ether oxygens (including phenoxy) is 2. The molecule has 0 saturated carbocycles. The number of hydrogen-bond acceptors (Lipinski definition) is 5. The molecule has 1 atom stereocenters. The zero-order chi connectivity index (χ0) is 18.2. The van der Waals surface area contributed by atoms with Gasteiger partial charge in [0, 0.05) is 0 Å². The van der Waals surface area contributed by atoms with E-state index < -0.39 is 6.10 Å². The van der Waals surface area contributed by atoms with Gasteiger partial charge in [0.2, 0.25) is 0 Å². The second-order valence-electron chi connectivity index (χ2n) is 6.08. The Morgan fingerprint density at radius 3 is 2.65 bits per heavy atom. The van der Waals surface area contributed by atoms with Gasteiger partial charge in [0.05, 0.1) is 13.7 Å². The van der Waals surface area contributed by atoms with Crippen molar-refractivity contribution in [2.24, 2.45) is 0 Å². The number of para-hydroxylation sites is 1. The van der Waals surface area contributed by atoms with Crippen LogP contribution in [-0.2, 0) is 19.4 Å². The quantitative estimate of drug-likeness (QED) is 0.640. The molecular formula is C20H23N3O3. The molecule has 1 heterocycles. The lowest BCUT2D eigenvalue weighted by Gasteiger charge is -2.15. The first-order valence-corrected chi connectivity index (χ1v) is 8.58. The maximum absolute atomic E-state index is 10.1. The van der Waals surface area contributed by atoms with Crippen LogP contribution >= 0.6 is 0 Å². The molecule has 6 heteroatoms. The molecule has 0 saturated heterocycles. The van der Waals surface area contributed by atoms with E-state index in [0.29, 0.717) is 6.54 Å². The van der Waals surface area contributed by atoms with Crippen molar-refractivity contribution in [3.63, 3.8) is 0 Å². The molecule has 0 aliphatic heterocycles. The minimum absolute atomic E-state index is 0.217. The first kappa shape index (κ1) is 17.9. The van der Waals surface area contributed by atoms with Crippen LogP contribution in [0.5, 0.6) is 11.5 Å². The summed E-state index contributed by atoms with van der Waals surface area (Å²) in [5.41, 5.74) is 2.33. The fourth-order valence-electron chi connectivity index (χ4n) is 2.76. The lowest BCUT2D eigenvalue weighted by molar-refractivity contribution is 0.0919. The predicted octanol–water partition coefficient (Wildman–Crippen LogP) is 2.51. The van der Waals surface area contributed by atoms with E-state index in [1.165, 1.54) is 5.56 Å². The molecule has 6 nitrogen and oxygen atoms in total. The Hall–Kier alpha value is -2.86. The van der Waals surface area contributed by atoms with Gasteiger partial charge in [-0.25, -0.2) is 0 Å². The number of aliphatic hydroxyl groups excluding tert-OH is 1. The number of rotatable bonds is 9. The first-order valence-electron chi connectivity index (χ1n) is 8.58. The van der Waals surface area contributed by atoms with Crippen molar-refractivity contribution in [2.45, 2.75) is 25.5 Å². The number of methoxy groups -OCH3 is 1. The lowest BCUT2D eigenvalue weighted by Crippen LogP contribution is -2.23. The largest absolute Gasteiger partial charge is 0.497 e. The highest BCUT2D eigenvalue weighted by atomic mass is 16.5. The monoisotopic (exact) mass is 353 g/mol. The number of nitrogens with zero attached hydrogens (tertiary/aromatic N) is 3. The second kappa shape index (κ2) is 9.01. The molecule has 0 amide bonds. The molecule has 0 bridgehead atoms. The highest BCUT2D eigenvalue weighted by Gasteiger charge is 2.09. The fraction of sp³-hybridized carbons (Fsp3) is 0.300. The van der Waals surface area contributed by atoms with Crippen LogP contribution in [0.4, 0.5) is 0 Å². The highest BCUT2D eigenvalue weighted by molar-refractivity contribution is 5.35. The maximum Gasteiger partial charge on any atom is 0.122 e. The average molecular weight is 353 g/mol. The first-order chi connectivity index (χ1) is 12.7. The van der Waals surface area contributed by atoms with Gasteiger partial charge in [0.25, 0.3) is 0 Å². The number of aromatic nitrogens is 3. The summed E-state index contributed by atoms with van der Waals surface area (Å²) in [6.45, 7) is 0.618. The van der Waals surface area contributed by atoms with E-state index >= 15 is 0 Å². The molecule has 0 aliphatic carbocycles. The minimum Gasteiger partial charge on any atom is -0.497 e. The third-order valence-electron chi connectivity index (χ3n) is 4.11. The maximum atomic E-state index is 10.1. The van der Waals surface area contributed by atoms with Gasteiger partial charge in [-0.2, -0.15) is 0 Å². The van der Waals surface area contributed by atoms with Gasteiger partial charge in [-0.05, 0) is 42.2 Å². The van der Waals surface area contributed by atoms with Crippen LogP contribution < -0.4 is 9.47 Å². The van der Waals surface area contributed by atoms with Crippen LogP contribution in [0.3, 0.4) is 0 Å². The van der Waals surface area contributed by atoms with Crippen molar-refractivity contribution in [1.29, 1.82) is 0 Å². The Bertz CT molecular complexity index is 806. The second-order valence-corrected chi connectivity index (χ2v) is 6.08. The van der Waals surface area contributed by atoms with Crippen molar-refractivity contribution in [1.82, 2.24) is 14.8 Å². The van der Waals surface area contributed by atoms with Crippen molar-refractivity contribution in [3.05, 3.63) is 72.3 Å². The van der Waals surface area contributed by atoms with Gasteiger partial charge in [-0.15, -0.1) is 10.2 Å². The summed E-state index contributed by atoms with van der Waals surface area (Å²) in [5, 5.41) is 17.6. The van der Waals surface area contributed by atoms with E-state index in [4.69, 9.17) is 9.47 Å². The van der Waals surface area contributed by atoms with Gasteiger partial charge in [-0.1, -0.05) is 30.3 Å². The smallest absolute Gasteiger partial charge is 0.122 e. The van der Waals surface area contributed by atoms with E-state index in [0.717, 1.165) is 29.9 Å². The molecule has 0 fully saturated rings. The Balaban J connectivity index is 1.57. The molecule has 3 aromatic rings. The van der Waals surface area contributed by atoms with Crippen LogP contribution in [-0.4, -0.2) is 39.7 Å². The Morgan fingerprint density at radius 1 is 1.04 bits per heavy atom. The van der Waals surface area contributed by atoms with Crippen molar-refractivity contribution < 1.29 is 14.6 Å². The van der Waals surface area contributed by atoms with Gasteiger partial charge < -0.3 is 19.1 Å². The Labute approximate surface area is 153 Å². The van der Waals surface area contributed by atoms with E-state index in [2.05, 4.69) is 22.3 Å². The molecule has 0 aliphatic rings. The van der Waals surface area contributed by atoms with Gasteiger partial charge >= 0.3 is 0 Å².